The molecule has 2 N–H and O–H groups in total. The van der Waals surface area contributed by atoms with Crippen LogP contribution >= 0.6 is 23.2 Å². The molecule has 3 aromatic rings. The maximum Gasteiger partial charge on any atom is 0.257 e. The Labute approximate surface area is 195 Å². The smallest absolute Gasteiger partial charge is 0.257 e. The van der Waals surface area contributed by atoms with Crippen LogP contribution in [-0.2, 0) is 9.84 Å². The summed E-state index contributed by atoms with van der Waals surface area (Å²) in [5.41, 5.74) is 1.08. The molecule has 0 aromatic heterocycles. The van der Waals surface area contributed by atoms with Crippen LogP contribution < -0.4 is 15.4 Å². The van der Waals surface area contributed by atoms with E-state index in [1.807, 2.05) is 0 Å². The molecule has 3 rings (SSSR count). The van der Waals surface area contributed by atoms with Gasteiger partial charge < -0.3 is 15.4 Å². The molecule has 0 atom stereocenters. The van der Waals surface area contributed by atoms with Crippen LogP contribution in [-0.4, -0.2) is 33.6 Å². The van der Waals surface area contributed by atoms with E-state index in [-0.39, 0.29) is 26.1 Å². The summed E-state index contributed by atoms with van der Waals surface area (Å²) in [6, 6.07) is 15.0. The zero-order valence-corrected chi connectivity index (χ0v) is 19.3. The highest BCUT2D eigenvalue weighted by Gasteiger charge is 2.17. The number of halogens is 2. The molecule has 0 aliphatic heterocycles. The number of sulfone groups is 1. The van der Waals surface area contributed by atoms with Gasteiger partial charge in [0.2, 0.25) is 0 Å². The number of anilines is 2. The number of carbonyl (C=O) groups excluding carboxylic acids is 2. The number of methoxy groups -OCH3 is 1. The molecule has 0 aliphatic carbocycles. The fourth-order valence-corrected chi connectivity index (χ4v) is 3.94. The minimum Gasteiger partial charge on any atom is -0.497 e. The Balaban J connectivity index is 1.79. The number of amides is 2. The lowest BCUT2D eigenvalue weighted by atomic mass is 10.1. The van der Waals surface area contributed by atoms with Crippen LogP contribution in [0.25, 0.3) is 0 Å². The van der Waals surface area contributed by atoms with Crippen molar-refractivity contribution in [1.29, 1.82) is 0 Å². The second kappa shape index (κ2) is 9.60. The summed E-state index contributed by atoms with van der Waals surface area (Å²) in [6.45, 7) is 0. The second-order valence-corrected chi connectivity index (χ2v) is 9.58. The first-order valence-corrected chi connectivity index (χ1v) is 11.8. The molecule has 0 radical (unpaired) electrons. The third-order valence-electron chi connectivity index (χ3n) is 4.43. The van der Waals surface area contributed by atoms with E-state index in [1.54, 1.807) is 31.4 Å². The van der Waals surface area contributed by atoms with Crippen molar-refractivity contribution in [2.24, 2.45) is 0 Å². The predicted molar refractivity (Wildman–Crippen MR) is 125 cm³/mol. The highest BCUT2D eigenvalue weighted by Crippen LogP contribution is 2.25. The van der Waals surface area contributed by atoms with Crippen molar-refractivity contribution < 1.29 is 22.7 Å². The molecule has 3 aromatic carbocycles. The zero-order chi connectivity index (χ0) is 23.5. The lowest BCUT2D eigenvalue weighted by molar-refractivity contribution is 0.101. The summed E-state index contributed by atoms with van der Waals surface area (Å²) in [5, 5.41) is 5.53. The van der Waals surface area contributed by atoms with Gasteiger partial charge in [0.05, 0.1) is 33.2 Å². The van der Waals surface area contributed by atoms with Gasteiger partial charge >= 0.3 is 0 Å². The highest BCUT2D eigenvalue weighted by atomic mass is 35.5. The van der Waals surface area contributed by atoms with Gasteiger partial charge in [-0.2, -0.15) is 0 Å². The molecule has 0 spiro atoms. The van der Waals surface area contributed by atoms with E-state index >= 15 is 0 Å². The molecule has 7 nitrogen and oxygen atoms in total. The highest BCUT2D eigenvalue weighted by molar-refractivity contribution is 7.90. The minimum atomic E-state index is -3.46. The maximum atomic E-state index is 12.7. The fraction of sp³-hybridized carbons (Fsp3) is 0.0909. The monoisotopic (exact) mass is 492 g/mol. The molecule has 0 saturated heterocycles. The summed E-state index contributed by atoms with van der Waals surface area (Å²) in [5.74, 6) is -0.389. The Hall–Kier alpha value is -3.07. The van der Waals surface area contributed by atoms with Gasteiger partial charge in [0, 0.05) is 17.6 Å². The lowest BCUT2D eigenvalue weighted by Gasteiger charge is -2.11. The first kappa shape index (κ1) is 23.6. The largest absolute Gasteiger partial charge is 0.497 e. The van der Waals surface area contributed by atoms with Gasteiger partial charge in [-0.15, -0.1) is 0 Å². The Morgan fingerprint density at radius 1 is 0.781 bits per heavy atom. The Morgan fingerprint density at radius 2 is 1.38 bits per heavy atom. The molecule has 0 saturated carbocycles. The Bertz CT molecular complexity index is 1290. The topological polar surface area (TPSA) is 102 Å². The normalized spacial score (nSPS) is 11.0. The van der Waals surface area contributed by atoms with E-state index in [0.29, 0.717) is 17.1 Å². The van der Waals surface area contributed by atoms with Crippen LogP contribution in [0.5, 0.6) is 5.75 Å². The van der Waals surface area contributed by atoms with Crippen LogP contribution in [0.4, 0.5) is 11.4 Å². The fourth-order valence-electron chi connectivity index (χ4n) is 2.76. The Morgan fingerprint density at radius 3 is 1.97 bits per heavy atom. The molecule has 10 heteroatoms. The number of carbonyl (C=O) groups is 2. The van der Waals surface area contributed by atoms with Gasteiger partial charge in [-0.3, -0.25) is 9.59 Å². The molecule has 0 aliphatic rings. The second-order valence-electron chi connectivity index (χ2n) is 6.75. The third-order valence-corrected chi connectivity index (χ3v) is 6.18. The van der Waals surface area contributed by atoms with Crippen molar-refractivity contribution in [2.45, 2.75) is 4.90 Å². The molecular formula is C22H18Cl2N2O5S. The van der Waals surface area contributed by atoms with Crippen molar-refractivity contribution in [3.63, 3.8) is 0 Å². The van der Waals surface area contributed by atoms with E-state index in [1.165, 1.54) is 36.4 Å². The SMILES string of the molecule is COc1ccc(NC(=O)c2cc(NC(=O)c3ccc(S(C)(=O)=O)cc3Cl)ccc2Cl)cc1. The number of nitrogens with one attached hydrogen (secondary N) is 2. The number of rotatable bonds is 6. The van der Waals surface area contributed by atoms with Crippen molar-refractivity contribution in [3.8, 4) is 5.75 Å². The summed E-state index contributed by atoms with van der Waals surface area (Å²) in [7, 11) is -1.92. The Kier molecular flexibility index (Phi) is 7.08. The van der Waals surface area contributed by atoms with E-state index < -0.39 is 21.7 Å². The maximum absolute atomic E-state index is 12.7. The van der Waals surface area contributed by atoms with Gasteiger partial charge in [0.1, 0.15) is 5.75 Å². The molecule has 0 fully saturated rings. The predicted octanol–water partition coefficient (Wildman–Crippen LogP) is 4.91. The van der Waals surface area contributed by atoms with Crippen LogP contribution in [0, 0.1) is 0 Å². The number of hydrogen-bond donors (Lipinski definition) is 2. The molecule has 0 heterocycles. The molecule has 32 heavy (non-hydrogen) atoms. The standard InChI is InChI=1S/C22H18Cl2N2O5S/c1-31-15-6-3-13(4-7-15)25-22(28)18-11-14(5-10-19(18)23)26-21(27)17-9-8-16(12-20(17)24)32(2,29)30/h3-12H,1-2H3,(H,25,28)(H,26,27). The van der Waals surface area contributed by atoms with Gasteiger partial charge in [-0.05, 0) is 60.7 Å². The average molecular weight is 493 g/mol. The van der Waals surface area contributed by atoms with Crippen molar-refractivity contribution in [1.82, 2.24) is 0 Å². The van der Waals surface area contributed by atoms with E-state index in [2.05, 4.69) is 10.6 Å². The molecule has 0 bridgehead atoms. The molecule has 166 valence electrons. The molecule has 2 amide bonds. The molecule has 0 unspecified atom stereocenters. The van der Waals surface area contributed by atoms with Gasteiger partial charge in [0.15, 0.2) is 9.84 Å². The number of ether oxygens (including phenoxy) is 1. The van der Waals surface area contributed by atoms with Crippen LogP contribution in [0.15, 0.2) is 65.6 Å². The van der Waals surface area contributed by atoms with Crippen LogP contribution in [0.1, 0.15) is 20.7 Å². The van der Waals surface area contributed by atoms with Gasteiger partial charge in [-0.1, -0.05) is 23.2 Å². The average Bonchev–Trinajstić information content (AvgIpc) is 2.74. The third kappa shape index (κ3) is 5.59. The van der Waals surface area contributed by atoms with Crippen molar-refractivity contribution in [3.05, 3.63) is 81.8 Å². The van der Waals surface area contributed by atoms with Gasteiger partial charge in [0.25, 0.3) is 11.8 Å². The summed E-state index contributed by atoms with van der Waals surface area (Å²) >= 11 is 12.3. The van der Waals surface area contributed by atoms with Crippen molar-refractivity contribution in [2.75, 3.05) is 24.0 Å². The lowest BCUT2D eigenvalue weighted by Crippen LogP contribution is -2.15. The summed E-state index contributed by atoms with van der Waals surface area (Å²) in [4.78, 5) is 25.3. The van der Waals surface area contributed by atoms with Crippen LogP contribution in [0.3, 0.4) is 0 Å². The number of hydrogen-bond acceptors (Lipinski definition) is 5. The first-order valence-electron chi connectivity index (χ1n) is 9.14. The zero-order valence-electron chi connectivity index (χ0n) is 17.0. The van der Waals surface area contributed by atoms with E-state index in [4.69, 9.17) is 27.9 Å². The van der Waals surface area contributed by atoms with Crippen LogP contribution in [0.2, 0.25) is 10.0 Å². The quantitative estimate of drug-likeness (QED) is 0.508. The first-order chi connectivity index (χ1) is 15.1. The van der Waals surface area contributed by atoms with Crippen molar-refractivity contribution >= 4 is 56.2 Å². The summed E-state index contributed by atoms with van der Waals surface area (Å²) < 4.78 is 28.4. The summed E-state index contributed by atoms with van der Waals surface area (Å²) in [6.07, 6.45) is 1.05. The van der Waals surface area contributed by atoms with E-state index in [9.17, 15) is 18.0 Å². The van der Waals surface area contributed by atoms with Gasteiger partial charge in [-0.25, -0.2) is 8.42 Å². The van der Waals surface area contributed by atoms with E-state index in [0.717, 1.165) is 6.26 Å². The minimum absolute atomic E-state index is 0.00281. The number of benzene rings is 3. The molecular weight excluding hydrogens is 475 g/mol.